The predicted octanol–water partition coefficient (Wildman–Crippen LogP) is 17.2. The van der Waals surface area contributed by atoms with Crippen molar-refractivity contribution in [2.45, 2.75) is 101 Å². The lowest BCUT2D eigenvalue weighted by Gasteiger charge is -2.22. The highest BCUT2D eigenvalue weighted by molar-refractivity contribution is 6.32. The van der Waals surface area contributed by atoms with E-state index in [-0.39, 0.29) is 30.6 Å². The third kappa shape index (κ3) is 20.5. The van der Waals surface area contributed by atoms with Gasteiger partial charge >= 0.3 is 11.9 Å². The largest absolute Gasteiger partial charge is 0.480 e. The summed E-state index contributed by atoms with van der Waals surface area (Å²) in [5, 5.41) is 48.0. The number of benzene rings is 8. The fourth-order valence-electron chi connectivity index (χ4n) is 16.1. The third-order valence-electron chi connectivity index (χ3n) is 22.3. The number of carboxylic acid groups (broad SMARTS) is 2. The molecule has 0 bridgehead atoms. The van der Waals surface area contributed by atoms with Gasteiger partial charge in [0.1, 0.15) is 23.1 Å². The van der Waals surface area contributed by atoms with Gasteiger partial charge < -0.3 is 72.1 Å². The van der Waals surface area contributed by atoms with E-state index >= 15 is 0 Å². The monoisotopic (exact) mass is 1840 g/mol. The zero-order chi connectivity index (χ0) is 92.9. The van der Waals surface area contributed by atoms with Crippen molar-refractivity contribution in [3.8, 4) is 0 Å². The van der Waals surface area contributed by atoms with Crippen molar-refractivity contribution in [2.24, 2.45) is 5.73 Å². The van der Waals surface area contributed by atoms with Crippen molar-refractivity contribution in [2.75, 3.05) is 45.6 Å². The standard InChI is InChI=1S/2C26H24ClN7O.C18H13ClN4O2.C18H15ClN4O2.C8H13N3.CH4/c1-14-8-23(29)32-15(2)19(14)12-31-26(35)25-24-20(28)4-3-5-22(24)34(33-25)13-16-6-7-21-17(9-16)10-18(27)11-30-21;1-14-8-23(29)32-15(2)19(14)12-31-26(35)25-24-20(28)4-3-5-22(24)33-34(25)13-16-6-7-21-17(9-16)10-18(27)11-30-21;19-12-7-11-6-10(4-5-14(11)21-8-12)9-23-15-3-1-2-13(20)16(15)17(22-23)18(24)25;19-12-7-11-6-10(4-5-14(11)21-8-12)9-23-17(18(24)25)16-13(20)2-1-3-15(16)22-23;1-5-3-8(10)11-6(2)7(5)4-9;/h2*3-11H,12-13,28H2,1-2H3,(H2,29,32)(H,31,35);1-8H,9,20H2,(H,24,25);1-8,17,22H,9,20H2,(H,24,25);3H,4,9H2,1-2H3,(H2,10,11);1H4. The number of nitrogen functional groups attached to an aromatic ring is 7. The topological polar surface area (TPSA) is 500 Å². The van der Waals surface area contributed by atoms with Crippen molar-refractivity contribution >= 4 is 192 Å². The molecule has 19 rings (SSSR count). The number of aryl methyl sites for hydroxylation is 6. The Morgan fingerprint density at radius 2 is 0.780 bits per heavy atom. The Morgan fingerprint density at radius 1 is 0.409 bits per heavy atom. The zero-order valence-corrected chi connectivity index (χ0v) is 74.7. The molecule has 670 valence electrons. The number of hydrogen-bond donors (Lipinski definition) is 13. The number of pyridine rings is 7. The maximum Gasteiger partial charge on any atom is 0.357 e. The van der Waals surface area contributed by atoms with Crippen LogP contribution in [0.2, 0.25) is 20.1 Å². The highest BCUT2D eigenvalue weighted by Crippen LogP contribution is 2.41. The van der Waals surface area contributed by atoms with E-state index < -0.39 is 18.0 Å². The van der Waals surface area contributed by atoms with Crippen molar-refractivity contribution in [3.05, 3.63) is 328 Å². The van der Waals surface area contributed by atoms with Crippen LogP contribution in [0.25, 0.3) is 76.3 Å². The van der Waals surface area contributed by atoms with Gasteiger partial charge in [-0.1, -0.05) is 102 Å². The molecule has 0 radical (unpaired) electrons. The second-order valence-corrected chi connectivity index (χ2v) is 33.2. The quantitative estimate of drug-likeness (QED) is 0.0377. The van der Waals surface area contributed by atoms with Crippen LogP contribution in [-0.2, 0) is 50.6 Å². The smallest absolute Gasteiger partial charge is 0.357 e. The van der Waals surface area contributed by atoms with E-state index in [0.717, 1.165) is 128 Å². The molecule has 10 aromatic heterocycles. The predicted molar refractivity (Wildman–Crippen MR) is 525 cm³/mol. The van der Waals surface area contributed by atoms with Crippen LogP contribution < -0.4 is 61.9 Å². The van der Waals surface area contributed by atoms with E-state index in [9.17, 15) is 29.4 Å². The third-order valence-corrected chi connectivity index (χ3v) is 23.1. The van der Waals surface area contributed by atoms with Crippen LogP contribution in [0, 0.1) is 41.5 Å². The normalized spacial score (nSPS) is 12.1. The van der Waals surface area contributed by atoms with E-state index in [2.05, 4.69) is 61.1 Å². The summed E-state index contributed by atoms with van der Waals surface area (Å²) < 4.78 is 5.13. The maximum atomic E-state index is 13.5. The van der Waals surface area contributed by atoms with Crippen LogP contribution in [0.1, 0.15) is 123 Å². The minimum Gasteiger partial charge on any atom is -0.480 e. The summed E-state index contributed by atoms with van der Waals surface area (Å²) in [6.45, 7) is 14.4. The molecule has 1 unspecified atom stereocenters. The number of nitrogens with two attached hydrogens (primary N) is 8. The average Bonchev–Trinajstić information content (AvgIpc) is 1.64. The molecule has 1 atom stereocenters. The first-order valence-electron chi connectivity index (χ1n) is 41.0. The van der Waals surface area contributed by atoms with E-state index in [1.165, 1.54) is 0 Å². The number of fused-ring (bicyclic) bond motifs is 8. The van der Waals surface area contributed by atoms with Gasteiger partial charge in [0.15, 0.2) is 17.4 Å². The van der Waals surface area contributed by atoms with Gasteiger partial charge in [0.25, 0.3) is 11.8 Å². The second-order valence-electron chi connectivity index (χ2n) is 31.4. The molecular formula is C97H93Cl4N25O6. The molecule has 0 fully saturated rings. The number of carboxylic acids is 2. The molecule has 8 aromatic carbocycles. The van der Waals surface area contributed by atoms with E-state index in [1.807, 2.05) is 181 Å². The molecule has 35 heteroatoms. The Morgan fingerprint density at radius 3 is 1.20 bits per heavy atom. The van der Waals surface area contributed by atoms with Gasteiger partial charge in [0, 0.05) is 118 Å². The zero-order valence-electron chi connectivity index (χ0n) is 71.7. The number of rotatable bonds is 17. The molecule has 31 nitrogen and oxygen atoms in total. The van der Waals surface area contributed by atoms with Crippen LogP contribution in [0.4, 0.5) is 45.9 Å². The Kier molecular flexibility index (Phi) is 27.9. The number of anilines is 8. The van der Waals surface area contributed by atoms with E-state index in [0.29, 0.717) is 145 Å². The first kappa shape index (κ1) is 92.8. The number of nitrogens with one attached hydrogen (secondary N) is 3. The first-order chi connectivity index (χ1) is 62.8. The number of amides is 2. The van der Waals surface area contributed by atoms with Crippen molar-refractivity contribution in [1.29, 1.82) is 0 Å². The molecule has 18 aromatic rings. The highest BCUT2D eigenvalue weighted by Gasteiger charge is 2.38. The summed E-state index contributed by atoms with van der Waals surface area (Å²) in [4.78, 5) is 80.0. The van der Waals surface area contributed by atoms with Crippen LogP contribution in [0.3, 0.4) is 0 Å². The number of hydrazine groups is 1. The fraction of sp³-hybridized carbons (Fsp3) is 0.155. The second kappa shape index (κ2) is 39.7. The molecular weight excluding hydrogens is 1750 g/mol. The highest BCUT2D eigenvalue weighted by atomic mass is 35.5. The number of aromatic carboxylic acids is 1. The number of carbonyl (C=O) groups excluding carboxylic acids is 2. The average molecular weight is 1850 g/mol. The lowest BCUT2D eigenvalue weighted by molar-refractivity contribution is -0.142. The van der Waals surface area contributed by atoms with Gasteiger partial charge in [-0.25, -0.2) is 24.8 Å². The summed E-state index contributed by atoms with van der Waals surface area (Å²) in [5.41, 5.74) is 72.0. The summed E-state index contributed by atoms with van der Waals surface area (Å²) in [6.07, 6.45) is 6.45. The lowest BCUT2D eigenvalue weighted by Crippen LogP contribution is -2.32. The number of aliphatic carboxylic acids is 1. The molecule has 0 aliphatic carbocycles. The molecule has 0 saturated carbocycles. The Balaban J connectivity index is 0.000000137. The number of halogens is 4. The number of carbonyl (C=O) groups is 4. The molecule has 0 spiro atoms. The Labute approximate surface area is 777 Å². The van der Waals surface area contributed by atoms with Crippen molar-refractivity contribution in [3.63, 3.8) is 0 Å². The van der Waals surface area contributed by atoms with Gasteiger partial charge in [-0.05, 0) is 237 Å². The molecule has 1 aliphatic heterocycles. The van der Waals surface area contributed by atoms with Crippen LogP contribution >= 0.6 is 46.4 Å². The van der Waals surface area contributed by atoms with Gasteiger partial charge in [-0.2, -0.15) is 15.3 Å². The minimum atomic E-state index is -1.10. The molecule has 21 N–H and O–H groups in total. The fourth-order valence-corrected chi connectivity index (χ4v) is 16.8. The number of nitrogens with zero attached hydrogens (tertiary/aromatic N) is 14. The van der Waals surface area contributed by atoms with Crippen LogP contribution in [0.5, 0.6) is 0 Å². The number of aromatic nitrogens is 13. The van der Waals surface area contributed by atoms with Gasteiger partial charge in [0.2, 0.25) is 0 Å². The minimum absolute atomic E-state index is 0. The van der Waals surface area contributed by atoms with Crippen LogP contribution in [-0.4, -0.2) is 103 Å². The van der Waals surface area contributed by atoms with E-state index in [4.69, 9.17) is 97.4 Å². The number of hydrogen-bond acceptors (Lipinski definition) is 24. The molecule has 2 amide bonds. The molecule has 1 aliphatic rings. The Hall–Kier alpha value is -15.4. The van der Waals surface area contributed by atoms with Crippen LogP contribution in [0.15, 0.2) is 213 Å². The molecule has 132 heavy (non-hydrogen) atoms. The van der Waals surface area contributed by atoms with Crippen molar-refractivity contribution < 1.29 is 29.4 Å². The van der Waals surface area contributed by atoms with Gasteiger partial charge in [-0.3, -0.25) is 48.4 Å². The SMILES string of the molecule is C.Cc1cc(N)nc(C)c1CN.Cc1cc(N)nc(C)c1CNC(=O)c1c2c(N)cccc2nn1Cc1ccc2ncc(Cl)cc2c1.Cc1cc(N)nc(C)c1CNC(=O)c1nn(Cc2ccc3ncc(Cl)cc3c2)c2cccc(N)c12.Nc1cccc2c1C(C(=O)O)N(Cc1ccc3ncc(Cl)cc3c1)N2.Nc1cccc2c1c(C(=O)O)nn2Cc1ccc2ncc(Cl)cc2c1. The lowest BCUT2D eigenvalue weighted by atomic mass is 10.0. The maximum absolute atomic E-state index is 13.5. The molecule has 11 heterocycles. The summed E-state index contributed by atoms with van der Waals surface area (Å²) >= 11 is 24.3. The summed E-state index contributed by atoms with van der Waals surface area (Å²) in [6, 6.07) is 57.0. The summed E-state index contributed by atoms with van der Waals surface area (Å²) in [7, 11) is 0. The Bertz CT molecular complexity index is 7470. The van der Waals surface area contributed by atoms with Gasteiger partial charge in [-0.15, -0.1) is 0 Å². The summed E-state index contributed by atoms with van der Waals surface area (Å²) in [5.74, 6) is -1.15. The first-order valence-corrected chi connectivity index (χ1v) is 42.6. The van der Waals surface area contributed by atoms with Crippen molar-refractivity contribution in [1.82, 2.24) is 79.9 Å². The van der Waals surface area contributed by atoms with Gasteiger partial charge in [0.05, 0.1) is 100 Å². The van der Waals surface area contributed by atoms with E-state index in [1.54, 1.807) is 92.4 Å². The molecule has 0 saturated heterocycles.